The molecule has 4 aromatic heterocycles. The molecular formula is C21H22F3N7Pt-2. The van der Waals surface area contributed by atoms with Crippen LogP contribution in [0.25, 0.3) is 17.2 Å². The van der Waals surface area contributed by atoms with Crippen molar-refractivity contribution in [2.75, 3.05) is 0 Å². The third-order valence-electron chi connectivity index (χ3n) is 4.50. The number of imidazole rings is 1. The van der Waals surface area contributed by atoms with E-state index in [2.05, 4.69) is 86.8 Å². The van der Waals surface area contributed by atoms with Crippen LogP contribution in [-0.4, -0.2) is 24.3 Å². The molecule has 0 spiro atoms. The zero-order chi connectivity index (χ0) is 23.7. The van der Waals surface area contributed by atoms with Gasteiger partial charge in [0.2, 0.25) is 0 Å². The van der Waals surface area contributed by atoms with Crippen molar-refractivity contribution in [3.63, 3.8) is 0 Å². The van der Waals surface area contributed by atoms with Crippen LogP contribution < -0.4 is 10.2 Å². The molecule has 0 N–H and O–H groups in total. The quantitative estimate of drug-likeness (QED) is 0.338. The Bertz CT molecular complexity index is 1260. The Balaban J connectivity index is 0.000000182. The van der Waals surface area contributed by atoms with Crippen LogP contribution >= 0.6 is 0 Å². The minimum absolute atomic E-state index is 0.0860. The summed E-state index contributed by atoms with van der Waals surface area (Å²) in [6.07, 6.45) is 1.48. The van der Waals surface area contributed by atoms with Crippen molar-refractivity contribution in [3.8, 4) is 17.2 Å². The summed E-state index contributed by atoms with van der Waals surface area (Å²) in [5, 5.41) is 13.8. The molecule has 0 radical (unpaired) electrons. The van der Waals surface area contributed by atoms with Crippen LogP contribution in [0.2, 0.25) is 0 Å². The van der Waals surface area contributed by atoms with Gasteiger partial charge in [-0.05, 0) is 13.0 Å². The van der Waals surface area contributed by atoms with Crippen molar-refractivity contribution >= 4 is 0 Å². The molecule has 0 aliphatic rings. The Labute approximate surface area is 194 Å². The molecule has 4 rings (SSSR count). The molecule has 0 amide bonds. The molecule has 0 aliphatic heterocycles. The Morgan fingerprint density at radius 3 is 2.12 bits per heavy atom. The molecule has 0 aromatic carbocycles. The second kappa shape index (κ2) is 9.02. The fourth-order valence-electron chi connectivity index (χ4n) is 2.70. The third kappa shape index (κ3) is 5.54. The summed E-state index contributed by atoms with van der Waals surface area (Å²) in [4.78, 5) is 4.44. The van der Waals surface area contributed by atoms with Crippen molar-refractivity contribution in [2.45, 2.75) is 39.3 Å². The van der Waals surface area contributed by atoms with E-state index in [-0.39, 0.29) is 11.1 Å². The van der Waals surface area contributed by atoms with E-state index >= 15 is 0 Å². The van der Waals surface area contributed by atoms with Crippen LogP contribution in [0.15, 0.2) is 42.9 Å². The molecule has 0 fully saturated rings. The van der Waals surface area contributed by atoms with Crippen LogP contribution in [0.4, 0.5) is 13.2 Å². The summed E-state index contributed by atoms with van der Waals surface area (Å²) in [6.45, 7) is 8.34. The van der Waals surface area contributed by atoms with E-state index in [1.807, 2.05) is 25.6 Å². The molecule has 0 unspecified atom stereocenters. The fourth-order valence-corrected chi connectivity index (χ4v) is 3.30. The first-order valence-corrected chi connectivity index (χ1v) is 10.7. The van der Waals surface area contributed by atoms with E-state index in [1.165, 1.54) is 5.56 Å². The predicted octanol–water partition coefficient (Wildman–Crippen LogP) is 3.97. The molecule has 174 valence electrons. The molecule has 0 atom stereocenters. The van der Waals surface area contributed by atoms with Gasteiger partial charge in [-0.1, -0.05) is 6.07 Å². The molecule has 11 heteroatoms. The normalized spacial score (nSPS) is 11.9. The number of alkyl halides is 3. The Morgan fingerprint density at radius 2 is 1.62 bits per heavy atom. The van der Waals surface area contributed by atoms with Crippen LogP contribution in [-0.2, 0) is 38.0 Å². The molecule has 32 heavy (non-hydrogen) atoms. The van der Waals surface area contributed by atoms with Gasteiger partial charge in [-0.25, -0.2) is 0 Å². The van der Waals surface area contributed by atoms with Crippen LogP contribution in [0.5, 0.6) is 0 Å². The van der Waals surface area contributed by atoms with E-state index in [0.717, 1.165) is 15.7 Å². The topological polar surface area (TPSA) is 76.7 Å². The number of pyridine rings is 1. The van der Waals surface area contributed by atoms with E-state index < -0.39 is 11.9 Å². The number of halogens is 3. The van der Waals surface area contributed by atoms with Crippen molar-refractivity contribution < 1.29 is 32.5 Å². The van der Waals surface area contributed by atoms with Gasteiger partial charge in [0.25, 0.3) is 0 Å². The molecule has 0 saturated heterocycles. The maximum atomic E-state index is 12.2. The van der Waals surface area contributed by atoms with Crippen LogP contribution in [0, 0.1) is 10.7 Å². The summed E-state index contributed by atoms with van der Waals surface area (Å²) < 4.78 is 41.9. The van der Waals surface area contributed by atoms with Gasteiger partial charge in [-0.3, -0.25) is 0 Å². The summed E-state index contributed by atoms with van der Waals surface area (Å²) in [7, 11) is 2.03. The second-order valence-corrected chi connectivity index (χ2v) is 9.17. The number of rotatable bonds is 2. The summed E-state index contributed by atoms with van der Waals surface area (Å²) in [5.74, 6) is 0.975. The second-order valence-electron chi connectivity index (χ2n) is 8.16. The van der Waals surface area contributed by atoms with Crippen molar-refractivity contribution in [3.05, 3.63) is 63.6 Å². The molecule has 4 aromatic rings. The van der Waals surface area contributed by atoms with Crippen molar-refractivity contribution in [1.82, 2.24) is 34.5 Å². The molecule has 0 saturated carbocycles. The molecule has 0 bridgehead atoms. The van der Waals surface area contributed by atoms with Crippen molar-refractivity contribution in [1.29, 1.82) is 0 Å². The van der Waals surface area contributed by atoms with Gasteiger partial charge in [0.15, 0.2) is 0 Å². The van der Waals surface area contributed by atoms with Gasteiger partial charge >= 0.3 is 119 Å². The third-order valence-corrected chi connectivity index (χ3v) is 5.85. The average Bonchev–Trinajstić information content (AvgIpc) is 3.43. The van der Waals surface area contributed by atoms with E-state index in [0.29, 0.717) is 11.4 Å². The summed E-state index contributed by atoms with van der Waals surface area (Å²) in [5.41, 5.74) is 1.45. The molecule has 4 heterocycles. The predicted molar refractivity (Wildman–Crippen MR) is 108 cm³/mol. The van der Waals surface area contributed by atoms with Gasteiger partial charge in [0.1, 0.15) is 5.69 Å². The molecule has 0 aliphatic carbocycles. The monoisotopic (exact) mass is 624 g/mol. The van der Waals surface area contributed by atoms with E-state index in [4.69, 9.17) is 0 Å². The zero-order valence-electron chi connectivity index (χ0n) is 18.1. The maximum absolute atomic E-state index is 12.2. The first kappa shape index (κ1) is 23.9. The first-order chi connectivity index (χ1) is 14.9. The SMILES string of the molecule is Cc1cc(-c2cc(C(F)(F)F)n[n-]2)[n-]n1.Cn1ccn(-c2cc(C(C)(C)C)ccn2)[c]1=[Pt]. The number of hydrogen-bond donors (Lipinski definition) is 0. The van der Waals surface area contributed by atoms with Crippen LogP contribution in [0.3, 0.4) is 0 Å². The Morgan fingerprint density at radius 1 is 0.969 bits per heavy atom. The molecule has 7 nitrogen and oxygen atoms in total. The standard InChI is InChI=1S/C13H17N3.C8H5F3N4.Pt/c1-13(2,3)11-5-6-14-12(9-11)16-8-7-15(4)10-16;1-4-2-5(13-12-4)6-3-7(15-14-6)8(9,10)11;/h5-9H,1-4H3;2-3H,1H3;/q;-2;. The first-order valence-electron chi connectivity index (χ1n) is 9.57. The summed E-state index contributed by atoms with van der Waals surface area (Å²) in [6, 6.07) is 6.64. The van der Waals surface area contributed by atoms with Gasteiger partial charge < -0.3 is 20.4 Å². The van der Waals surface area contributed by atoms with Gasteiger partial charge in [0, 0.05) is 5.69 Å². The average molecular weight is 625 g/mol. The zero-order valence-corrected chi connectivity index (χ0v) is 20.4. The summed E-state index contributed by atoms with van der Waals surface area (Å²) >= 11 is 2.30. The van der Waals surface area contributed by atoms with E-state index in [1.54, 1.807) is 13.0 Å². The number of aryl methyl sites for hydroxylation is 2. The number of hydrogen-bond acceptors (Lipinski definition) is 3. The van der Waals surface area contributed by atoms with Crippen molar-refractivity contribution in [2.24, 2.45) is 7.05 Å². The van der Waals surface area contributed by atoms with Gasteiger partial charge in [-0.15, -0.1) is 11.4 Å². The number of nitrogens with zero attached hydrogens (tertiary/aromatic N) is 7. The number of aromatic nitrogens is 7. The van der Waals surface area contributed by atoms with Crippen LogP contribution in [0.1, 0.15) is 37.7 Å². The van der Waals surface area contributed by atoms with Gasteiger partial charge in [0.05, 0.1) is 0 Å². The van der Waals surface area contributed by atoms with E-state index in [9.17, 15) is 13.2 Å². The Hall–Kier alpha value is -2.74. The van der Waals surface area contributed by atoms with Gasteiger partial charge in [-0.2, -0.15) is 13.2 Å². The Kier molecular flexibility index (Phi) is 6.74. The molecular weight excluding hydrogens is 602 g/mol. The minimum atomic E-state index is -4.47. The fraction of sp³-hybridized carbons (Fsp3) is 0.333.